The quantitative estimate of drug-likeness (QED) is 0.698. The van der Waals surface area contributed by atoms with E-state index >= 15 is 0 Å². The first-order valence-corrected chi connectivity index (χ1v) is 8.37. The average molecular weight is 357 g/mol. The van der Waals surface area contributed by atoms with Gasteiger partial charge in [-0.05, 0) is 36.2 Å². The van der Waals surface area contributed by atoms with Crippen LogP contribution in [0.15, 0.2) is 54.7 Å². The second-order valence-electron chi connectivity index (χ2n) is 5.49. The number of benzene rings is 2. The first-order valence-electron chi connectivity index (χ1n) is 7.62. The number of para-hydroxylation sites is 2. The summed E-state index contributed by atoms with van der Waals surface area (Å²) in [5.74, 6) is 1.31. The molecule has 0 saturated carbocycles. The fraction of sp³-hybridized carbons (Fsp3) is 0.111. The van der Waals surface area contributed by atoms with Crippen LogP contribution in [0.4, 0.5) is 23.1 Å². The van der Waals surface area contributed by atoms with Gasteiger partial charge in [0.2, 0.25) is 5.95 Å². The van der Waals surface area contributed by atoms with Crippen molar-refractivity contribution in [2.45, 2.75) is 6.42 Å². The van der Waals surface area contributed by atoms with E-state index in [9.17, 15) is 0 Å². The fourth-order valence-corrected chi connectivity index (χ4v) is 3.33. The van der Waals surface area contributed by atoms with Crippen LogP contribution in [-0.4, -0.2) is 16.5 Å². The molecule has 4 nitrogen and oxygen atoms in total. The Morgan fingerprint density at radius 1 is 0.958 bits per heavy atom. The number of nitrogens with one attached hydrogen (secondary N) is 1. The van der Waals surface area contributed by atoms with Crippen LogP contribution in [0.2, 0.25) is 10.0 Å². The van der Waals surface area contributed by atoms with E-state index < -0.39 is 0 Å². The van der Waals surface area contributed by atoms with E-state index in [0.717, 1.165) is 18.7 Å². The van der Waals surface area contributed by atoms with Crippen molar-refractivity contribution in [2.24, 2.45) is 0 Å². The molecule has 2 heterocycles. The van der Waals surface area contributed by atoms with Gasteiger partial charge in [0.25, 0.3) is 0 Å². The van der Waals surface area contributed by atoms with Crippen molar-refractivity contribution in [3.05, 3.63) is 70.3 Å². The van der Waals surface area contributed by atoms with Gasteiger partial charge in [0.1, 0.15) is 5.82 Å². The molecule has 1 aromatic heterocycles. The SMILES string of the molecule is Clc1cccc(Cl)c1Nc1ccnc(N2CCc3ccccc32)n1. The topological polar surface area (TPSA) is 41.1 Å². The molecule has 0 saturated heterocycles. The molecule has 2 aromatic carbocycles. The highest BCUT2D eigenvalue weighted by Crippen LogP contribution is 2.34. The zero-order valence-corrected chi connectivity index (χ0v) is 14.2. The third-order valence-electron chi connectivity index (χ3n) is 3.99. The second-order valence-corrected chi connectivity index (χ2v) is 6.31. The van der Waals surface area contributed by atoms with Crippen LogP contribution in [0.25, 0.3) is 0 Å². The molecule has 0 bridgehead atoms. The van der Waals surface area contributed by atoms with Gasteiger partial charge < -0.3 is 10.2 Å². The van der Waals surface area contributed by atoms with E-state index in [1.54, 1.807) is 24.4 Å². The fourth-order valence-electron chi connectivity index (χ4n) is 2.84. The zero-order valence-electron chi connectivity index (χ0n) is 12.7. The minimum atomic E-state index is 0.550. The number of hydrogen-bond acceptors (Lipinski definition) is 4. The van der Waals surface area contributed by atoms with Crippen molar-refractivity contribution < 1.29 is 0 Å². The van der Waals surface area contributed by atoms with E-state index in [0.29, 0.717) is 27.5 Å². The van der Waals surface area contributed by atoms with Crippen LogP contribution < -0.4 is 10.2 Å². The maximum absolute atomic E-state index is 6.21. The number of hydrogen-bond donors (Lipinski definition) is 1. The molecular weight excluding hydrogens is 343 g/mol. The van der Waals surface area contributed by atoms with Crippen molar-refractivity contribution >= 4 is 46.3 Å². The van der Waals surface area contributed by atoms with Crippen molar-refractivity contribution in [3.8, 4) is 0 Å². The summed E-state index contributed by atoms with van der Waals surface area (Å²) in [6, 6.07) is 15.5. The summed E-state index contributed by atoms with van der Waals surface area (Å²) >= 11 is 12.4. The monoisotopic (exact) mass is 356 g/mol. The lowest BCUT2D eigenvalue weighted by atomic mass is 10.2. The molecule has 1 aliphatic rings. The predicted molar refractivity (Wildman–Crippen MR) is 98.9 cm³/mol. The van der Waals surface area contributed by atoms with Gasteiger partial charge in [0.15, 0.2) is 0 Å². The van der Waals surface area contributed by atoms with Crippen LogP contribution in [0.5, 0.6) is 0 Å². The highest BCUT2D eigenvalue weighted by molar-refractivity contribution is 6.39. The molecule has 0 amide bonds. The number of aromatic nitrogens is 2. The zero-order chi connectivity index (χ0) is 16.5. The molecule has 1 aliphatic heterocycles. The van der Waals surface area contributed by atoms with E-state index in [1.807, 2.05) is 12.1 Å². The maximum Gasteiger partial charge on any atom is 0.231 e. The first-order chi connectivity index (χ1) is 11.7. The van der Waals surface area contributed by atoms with Gasteiger partial charge in [-0.2, -0.15) is 4.98 Å². The number of nitrogens with zero attached hydrogens (tertiary/aromatic N) is 3. The largest absolute Gasteiger partial charge is 0.338 e. The third kappa shape index (κ3) is 2.79. The highest BCUT2D eigenvalue weighted by Gasteiger charge is 2.22. The van der Waals surface area contributed by atoms with E-state index in [1.165, 1.54) is 5.56 Å². The number of anilines is 4. The molecule has 0 aliphatic carbocycles. The molecule has 0 fully saturated rings. The first kappa shape index (κ1) is 15.2. The Morgan fingerprint density at radius 2 is 1.75 bits per heavy atom. The molecule has 0 spiro atoms. The van der Waals surface area contributed by atoms with Crippen molar-refractivity contribution in [1.82, 2.24) is 9.97 Å². The lowest BCUT2D eigenvalue weighted by Crippen LogP contribution is -2.16. The van der Waals surface area contributed by atoms with Gasteiger partial charge in [-0.15, -0.1) is 0 Å². The normalized spacial score (nSPS) is 13.0. The van der Waals surface area contributed by atoms with Gasteiger partial charge in [-0.25, -0.2) is 4.98 Å². The molecule has 120 valence electrons. The van der Waals surface area contributed by atoms with E-state index in [2.05, 4.69) is 38.4 Å². The Balaban J connectivity index is 1.66. The molecule has 1 N–H and O–H groups in total. The van der Waals surface area contributed by atoms with E-state index in [-0.39, 0.29) is 0 Å². The van der Waals surface area contributed by atoms with Gasteiger partial charge in [0, 0.05) is 18.4 Å². The highest BCUT2D eigenvalue weighted by atomic mass is 35.5. The Bertz CT molecular complexity index is 877. The molecule has 4 rings (SSSR count). The summed E-state index contributed by atoms with van der Waals surface area (Å²) in [6.07, 6.45) is 2.73. The van der Waals surface area contributed by atoms with Crippen LogP contribution in [-0.2, 0) is 6.42 Å². The smallest absolute Gasteiger partial charge is 0.231 e. The van der Waals surface area contributed by atoms with E-state index in [4.69, 9.17) is 23.2 Å². The van der Waals surface area contributed by atoms with Crippen molar-refractivity contribution in [1.29, 1.82) is 0 Å². The average Bonchev–Trinajstić information content (AvgIpc) is 3.03. The Kier molecular flexibility index (Phi) is 4.00. The minimum absolute atomic E-state index is 0.550. The molecule has 0 atom stereocenters. The molecule has 6 heteroatoms. The molecule has 3 aromatic rings. The molecular formula is C18H14Cl2N4. The standard InChI is InChI=1S/C18H14Cl2N4/c19-13-5-3-6-14(20)17(13)22-16-8-10-21-18(23-16)24-11-9-12-4-1-2-7-15(12)24/h1-8,10H,9,11H2,(H,21,22,23). The van der Waals surface area contributed by atoms with Crippen LogP contribution in [0.1, 0.15) is 5.56 Å². The van der Waals surface area contributed by atoms with Gasteiger partial charge in [-0.1, -0.05) is 47.5 Å². The Morgan fingerprint density at radius 3 is 2.58 bits per heavy atom. The number of halogens is 2. The second kappa shape index (κ2) is 6.30. The van der Waals surface area contributed by atoms with Crippen LogP contribution in [0, 0.1) is 0 Å². The predicted octanol–water partition coefficient (Wildman–Crippen LogP) is 5.22. The molecule has 0 radical (unpaired) electrons. The number of rotatable bonds is 3. The summed E-state index contributed by atoms with van der Waals surface area (Å²) in [6.45, 7) is 0.871. The summed E-state index contributed by atoms with van der Waals surface area (Å²) < 4.78 is 0. The van der Waals surface area contributed by atoms with Crippen LogP contribution in [0.3, 0.4) is 0 Å². The van der Waals surface area contributed by atoms with Gasteiger partial charge >= 0.3 is 0 Å². The Labute approximate surface area is 150 Å². The molecule has 24 heavy (non-hydrogen) atoms. The van der Waals surface area contributed by atoms with Crippen molar-refractivity contribution in [2.75, 3.05) is 16.8 Å². The lowest BCUT2D eigenvalue weighted by Gasteiger charge is -2.18. The third-order valence-corrected chi connectivity index (χ3v) is 4.62. The summed E-state index contributed by atoms with van der Waals surface area (Å²) in [5, 5.41) is 4.29. The Hall–Kier alpha value is -2.30. The minimum Gasteiger partial charge on any atom is -0.338 e. The van der Waals surface area contributed by atoms with Gasteiger partial charge in [0.05, 0.1) is 15.7 Å². The van der Waals surface area contributed by atoms with Crippen molar-refractivity contribution in [3.63, 3.8) is 0 Å². The molecule has 0 unspecified atom stereocenters. The maximum atomic E-state index is 6.21. The van der Waals surface area contributed by atoms with Crippen LogP contribution >= 0.6 is 23.2 Å². The van der Waals surface area contributed by atoms with Gasteiger partial charge in [-0.3, -0.25) is 0 Å². The lowest BCUT2D eigenvalue weighted by molar-refractivity contribution is 0.941. The summed E-state index contributed by atoms with van der Waals surface area (Å²) in [7, 11) is 0. The summed E-state index contributed by atoms with van der Waals surface area (Å²) in [5.41, 5.74) is 3.12. The summed E-state index contributed by atoms with van der Waals surface area (Å²) in [4.78, 5) is 11.2. The number of fused-ring (bicyclic) bond motifs is 1.